The van der Waals surface area contributed by atoms with Gasteiger partial charge >= 0.3 is 0 Å². The van der Waals surface area contributed by atoms with Gasteiger partial charge in [-0.25, -0.2) is 9.97 Å². The second-order valence-corrected chi connectivity index (χ2v) is 5.49. The van der Waals surface area contributed by atoms with Gasteiger partial charge in [0.1, 0.15) is 11.6 Å². The second-order valence-electron chi connectivity index (χ2n) is 5.49. The van der Waals surface area contributed by atoms with Crippen molar-refractivity contribution < 1.29 is 0 Å². The molecule has 0 radical (unpaired) electrons. The molecule has 1 aromatic carbocycles. The summed E-state index contributed by atoms with van der Waals surface area (Å²) in [4.78, 5) is 17.3. The molecular formula is C19H16N6. The zero-order valence-electron chi connectivity index (χ0n) is 13.4. The highest BCUT2D eigenvalue weighted by Gasteiger charge is 2.05. The summed E-state index contributed by atoms with van der Waals surface area (Å²) >= 11 is 0. The number of benzene rings is 1. The smallest absolute Gasteiger partial charge is 0.230 e. The molecule has 6 nitrogen and oxygen atoms in total. The van der Waals surface area contributed by atoms with Crippen molar-refractivity contribution in [2.75, 3.05) is 10.6 Å². The van der Waals surface area contributed by atoms with Crippen molar-refractivity contribution in [1.82, 2.24) is 19.9 Å². The molecule has 0 atom stereocenters. The van der Waals surface area contributed by atoms with E-state index in [1.165, 1.54) is 0 Å². The van der Waals surface area contributed by atoms with E-state index in [0.717, 1.165) is 28.0 Å². The molecule has 0 aliphatic carbocycles. The minimum atomic E-state index is 0.500. The molecular weight excluding hydrogens is 312 g/mol. The Labute approximate surface area is 145 Å². The summed E-state index contributed by atoms with van der Waals surface area (Å²) in [6, 6.07) is 15.8. The van der Waals surface area contributed by atoms with Crippen LogP contribution in [0.3, 0.4) is 0 Å². The van der Waals surface area contributed by atoms with Crippen molar-refractivity contribution in [3.05, 3.63) is 78.9 Å². The van der Waals surface area contributed by atoms with Crippen LogP contribution >= 0.6 is 0 Å². The van der Waals surface area contributed by atoms with E-state index in [9.17, 15) is 0 Å². The zero-order chi connectivity index (χ0) is 16.9. The van der Waals surface area contributed by atoms with Crippen LogP contribution in [0, 0.1) is 0 Å². The Hall–Kier alpha value is -3.54. The van der Waals surface area contributed by atoms with Crippen molar-refractivity contribution >= 4 is 28.4 Å². The Bertz CT molecular complexity index is 982. The van der Waals surface area contributed by atoms with Gasteiger partial charge in [0, 0.05) is 36.7 Å². The van der Waals surface area contributed by atoms with Crippen molar-refractivity contribution in [1.29, 1.82) is 0 Å². The molecule has 0 unspecified atom stereocenters. The van der Waals surface area contributed by atoms with E-state index in [0.29, 0.717) is 12.5 Å². The van der Waals surface area contributed by atoms with Gasteiger partial charge in [0.25, 0.3) is 0 Å². The molecule has 2 N–H and O–H groups in total. The van der Waals surface area contributed by atoms with E-state index in [1.807, 2.05) is 48.7 Å². The van der Waals surface area contributed by atoms with Gasteiger partial charge < -0.3 is 10.6 Å². The maximum absolute atomic E-state index is 4.50. The van der Waals surface area contributed by atoms with Crippen LogP contribution in [-0.4, -0.2) is 19.9 Å². The van der Waals surface area contributed by atoms with Crippen LogP contribution in [0.15, 0.2) is 73.3 Å². The quantitative estimate of drug-likeness (QED) is 0.581. The third-order valence-electron chi connectivity index (χ3n) is 3.76. The van der Waals surface area contributed by atoms with Gasteiger partial charge in [0.2, 0.25) is 5.95 Å². The van der Waals surface area contributed by atoms with Crippen LogP contribution in [0.1, 0.15) is 5.56 Å². The van der Waals surface area contributed by atoms with Gasteiger partial charge in [-0.3, -0.25) is 4.98 Å². The number of rotatable bonds is 5. The fraction of sp³-hybridized carbons (Fsp3) is 0.0526. The second kappa shape index (κ2) is 6.92. The summed E-state index contributed by atoms with van der Waals surface area (Å²) in [5.74, 6) is 1.98. The SMILES string of the molecule is c1cncc(CNc2ccnc(Nc3nccc4ccccc34)n2)c1. The van der Waals surface area contributed by atoms with Crippen molar-refractivity contribution in [3.63, 3.8) is 0 Å². The number of fused-ring (bicyclic) bond motifs is 1. The largest absolute Gasteiger partial charge is 0.366 e. The highest BCUT2D eigenvalue weighted by molar-refractivity contribution is 5.92. The Morgan fingerprint density at radius 1 is 0.840 bits per heavy atom. The molecule has 4 aromatic rings. The zero-order valence-corrected chi connectivity index (χ0v) is 13.4. The lowest BCUT2D eigenvalue weighted by Gasteiger charge is -2.09. The third kappa shape index (κ3) is 3.53. The fourth-order valence-corrected chi connectivity index (χ4v) is 2.54. The number of nitrogens with zero attached hydrogens (tertiary/aromatic N) is 4. The van der Waals surface area contributed by atoms with E-state index in [2.05, 4.69) is 36.6 Å². The molecule has 3 heterocycles. The Kier molecular flexibility index (Phi) is 4.16. The predicted molar refractivity (Wildman–Crippen MR) is 98.6 cm³/mol. The molecule has 0 saturated carbocycles. The highest BCUT2D eigenvalue weighted by atomic mass is 15.2. The molecule has 0 saturated heterocycles. The van der Waals surface area contributed by atoms with Crippen LogP contribution in [-0.2, 0) is 6.54 Å². The van der Waals surface area contributed by atoms with Gasteiger partial charge in [0.05, 0.1) is 0 Å². The molecule has 3 aromatic heterocycles. The minimum Gasteiger partial charge on any atom is -0.366 e. The summed E-state index contributed by atoms with van der Waals surface area (Å²) in [6.07, 6.45) is 7.07. The molecule has 4 rings (SSSR count). The van der Waals surface area contributed by atoms with E-state index in [-0.39, 0.29) is 0 Å². The molecule has 6 heteroatoms. The van der Waals surface area contributed by atoms with Gasteiger partial charge in [-0.1, -0.05) is 30.3 Å². The number of aromatic nitrogens is 4. The molecule has 25 heavy (non-hydrogen) atoms. The lowest BCUT2D eigenvalue weighted by Crippen LogP contribution is -2.05. The summed E-state index contributed by atoms with van der Waals surface area (Å²) in [5, 5.41) is 8.62. The first kappa shape index (κ1) is 15.0. The van der Waals surface area contributed by atoms with Gasteiger partial charge in [-0.05, 0) is 29.1 Å². The average Bonchev–Trinajstić information content (AvgIpc) is 2.68. The first-order chi connectivity index (χ1) is 12.4. The fourth-order valence-electron chi connectivity index (χ4n) is 2.54. The van der Waals surface area contributed by atoms with Crippen molar-refractivity contribution in [3.8, 4) is 0 Å². The molecule has 0 bridgehead atoms. The van der Waals surface area contributed by atoms with Gasteiger partial charge in [-0.15, -0.1) is 0 Å². The van der Waals surface area contributed by atoms with E-state index in [1.54, 1.807) is 18.6 Å². The minimum absolute atomic E-state index is 0.500. The van der Waals surface area contributed by atoms with Crippen LogP contribution < -0.4 is 10.6 Å². The first-order valence-electron chi connectivity index (χ1n) is 7.95. The Morgan fingerprint density at radius 2 is 1.76 bits per heavy atom. The third-order valence-corrected chi connectivity index (χ3v) is 3.76. The molecule has 0 spiro atoms. The van der Waals surface area contributed by atoms with Gasteiger partial charge in [0.15, 0.2) is 0 Å². The summed E-state index contributed by atoms with van der Waals surface area (Å²) in [7, 11) is 0. The lowest BCUT2D eigenvalue weighted by molar-refractivity contribution is 1.07. The first-order valence-corrected chi connectivity index (χ1v) is 7.95. The lowest BCUT2D eigenvalue weighted by atomic mass is 10.1. The van der Waals surface area contributed by atoms with E-state index in [4.69, 9.17) is 0 Å². The Balaban J connectivity index is 1.53. The van der Waals surface area contributed by atoms with Crippen LogP contribution in [0.25, 0.3) is 10.8 Å². The maximum Gasteiger partial charge on any atom is 0.230 e. The number of anilines is 3. The topological polar surface area (TPSA) is 75.6 Å². The maximum atomic E-state index is 4.50. The number of nitrogens with one attached hydrogen (secondary N) is 2. The van der Waals surface area contributed by atoms with Crippen molar-refractivity contribution in [2.45, 2.75) is 6.54 Å². The molecule has 0 amide bonds. The van der Waals surface area contributed by atoms with Gasteiger partial charge in [-0.2, -0.15) is 4.98 Å². The normalized spacial score (nSPS) is 10.6. The molecule has 0 aliphatic heterocycles. The molecule has 122 valence electrons. The van der Waals surface area contributed by atoms with Crippen molar-refractivity contribution in [2.24, 2.45) is 0 Å². The Morgan fingerprint density at radius 3 is 2.68 bits per heavy atom. The van der Waals surface area contributed by atoms with Crippen LogP contribution in [0.4, 0.5) is 17.6 Å². The van der Waals surface area contributed by atoms with E-state index >= 15 is 0 Å². The number of hydrogen-bond acceptors (Lipinski definition) is 6. The van der Waals surface area contributed by atoms with E-state index < -0.39 is 0 Å². The standard InChI is InChI=1S/C19H16N6/c1-2-6-16-15(5-1)7-10-21-18(16)25-19-22-11-8-17(24-19)23-13-14-4-3-9-20-12-14/h1-12H,13H2,(H2,21,22,23,24,25). The van der Waals surface area contributed by atoms with Crippen LogP contribution in [0.2, 0.25) is 0 Å². The highest BCUT2D eigenvalue weighted by Crippen LogP contribution is 2.22. The number of pyridine rings is 2. The summed E-state index contributed by atoms with van der Waals surface area (Å²) in [6.45, 7) is 0.650. The monoisotopic (exact) mass is 328 g/mol. The number of hydrogen-bond donors (Lipinski definition) is 2. The summed E-state index contributed by atoms with van der Waals surface area (Å²) < 4.78 is 0. The predicted octanol–water partition coefficient (Wildman–Crippen LogP) is 3.78. The summed E-state index contributed by atoms with van der Waals surface area (Å²) in [5.41, 5.74) is 1.09. The molecule has 0 fully saturated rings. The average molecular weight is 328 g/mol. The van der Waals surface area contributed by atoms with Crippen LogP contribution in [0.5, 0.6) is 0 Å². The molecule has 0 aliphatic rings.